The molecule has 0 aliphatic heterocycles. The highest BCUT2D eigenvalue weighted by molar-refractivity contribution is 6.02. The summed E-state index contributed by atoms with van der Waals surface area (Å²) in [5.41, 5.74) is 1.29. The first-order valence-electron chi connectivity index (χ1n) is 7.04. The van der Waals surface area contributed by atoms with Crippen LogP contribution in [-0.2, 0) is 0 Å². The average molecular weight is 293 g/mol. The maximum absolute atomic E-state index is 12.4. The Labute approximate surface area is 127 Å². The number of ketones is 1. The van der Waals surface area contributed by atoms with Gasteiger partial charge in [-0.3, -0.25) is 4.79 Å². The fourth-order valence-corrected chi connectivity index (χ4v) is 2.38. The van der Waals surface area contributed by atoms with Gasteiger partial charge < -0.3 is 9.73 Å². The summed E-state index contributed by atoms with van der Waals surface area (Å²) >= 11 is 0. The van der Waals surface area contributed by atoms with Gasteiger partial charge in [0, 0.05) is 17.0 Å². The molecule has 22 heavy (non-hydrogen) atoms. The normalized spacial score (nSPS) is 12.0. The highest BCUT2D eigenvalue weighted by Gasteiger charge is 2.16. The highest BCUT2D eigenvalue weighted by Crippen LogP contribution is 2.22. The van der Waals surface area contributed by atoms with Crippen molar-refractivity contribution >= 4 is 22.4 Å². The van der Waals surface area contributed by atoms with Crippen LogP contribution < -0.4 is 10.9 Å². The topological polar surface area (TPSA) is 59.3 Å². The largest absolute Gasteiger partial charge is 0.423 e. The predicted octanol–water partition coefficient (Wildman–Crippen LogP) is 3.48. The number of para-hydroxylation sites is 1. The fourth-order valence-electron chi connectivity index (χ4n) is 2.38. The molecule has 0 aliphatic rings. The van der Waals surface area contributed by atoms with Gasteiger partial charge in [-0.1, -0.05) is 42.5 Å². The zero-order chi connectivity index (χ0) is 15.5. The molecule has 2 aromatic carbocycles. The summed E-state index contributed by atoms with van der Waals surface area (Å²) in [7, 11) is 0. The number of carbonyl (C=O) groups excluding carboxylic acids is 1. The summed E-state index contributed by atoms with van der Waals surface area (Å²) in [5.74, 6) is -0.0297. The average Bonchev–Trinajstić information content (AvgIpc) is 2.54. The standard InChI is InChI=1S/C18H15NO3/c1-12(18(21)13-7-3-2-4-8-13)19-15-11-17(20)22-16-10-6-5-9-14(15)16/h2-12,19H,1H3. The SMILES string of the molecule is CC(Nc1cc(=O)oc2ccccc12)C(=O)c1ccccc1. The van der Waals surface area contributed by atoms with Gasteiger partial charge in [-0.25, -0.2) is 4.79 Å². The molecular weight excluding hydrogens is 278 g/mol. The third-order valence-electron chi connectivity index (χ3n) is 3.47. The van der Waals surface area contributed by atoms with E-state index < -0.39 is 11.7 Å². The number of nitrogens with one attached hydrogen (secondary N) is 1. The van der Waals surface area contributed by atoms with E-state index in [-0.39, 0.29) is 5.78 Å². The van der Waals surface area contributed by atoms with E-state index in [0.29, 0.717) is 16.8 Å². The monoisotopic (exact) mass is 293 g/mol. The third kappa shape index (κ3) is 2.76. The Balaban J connectivity index is 1.93. The second-order valence-corrected chi connectivity index (χ2v) is 5.07. The molecular formula is C18H15NO3. The molecule has 4 nitrogen and oxygen atoms in total. The number of Topliss-reactive ketones (excluding diaryl/α,β-unsaturated/α-hetero) is 1. The number of carbonyl (C=O) groups is 1. The smallest absolute Gasteiger partial charge is 0.338 e. The van der Waals surface area contributed by atoms with Crippen LogP contribution in [0.2, 0.25) is 0 Å². The quantitative estimate of drug-likeness (QED) is 0.591. The van der Waals surface area contributed by atoms with E-state index in [9.17, 15) is 9.59 Å². The van der Waals surface area contributed by atoms with E-state index in [2.05, 4.69) is 5.32 Å². The molecule has 1 atom stereocenters. The lowest BCUT2D eigenvalue weighted by atomic mass is 10.0. The lowest BCUT2D eigenvalue weighted by molar-refractivity contribution is 0.0975. The van der Waals surface area contributed by atoms with Crippen molar-refractivity contribution in [2.75, 3.05) is 5.32 Å². The molecule has 0 spiro atoms. The molecule has 1 unspecified atom stereocenters. The third-order valence-corrected chi connectivity index (χ3v) is 3.47. The van der Waals surface area contributed by atoms with Gasteiger partial charge in [-0.15, -0.1) is 0 Å². The molecule has 1 N–H and O–H groups in total. The van der Waals surface area contributed by atoms with Crippen LogP contribution >= 0.6 is 0 Å². The Bertz CT molecular complexity index is 868. The Morgan fingerprint density at radius 3 is 2.50 bits per heavy atom. The summed E-state index contributed by atoms with van der Waals surface area (Å²) in [4.78, 5) is 24.0. The molecule has 0 amide bonds. The minimum absolute atomic E-state index is 0.0297. The molecule has 4 heteroatoms. The summed E-state index contributed by atoms with van der Waals surface area (Å²) in [6, 6.07) is 17.2. The Kier molecular flexibility index (Phi) is 3.74. The van der Waals surface area contributed by atoms with Crippen molar-refractivity contribution in [3.8, 4) is 0 Å². The van der Waals surface area contributed by atoms with Crippen molar-refractivity contribution in [3.63, 3.8) is 0 Å². The van der Waals surface area contributed by atoms with Crippen molar-refractivity contribution < 1.29 is 9.21 Å². The molecule has 0 aliphatic carbocycles. The van der Waals surface area contributed by atoms with Crippen LogP contribution in [0.5, 0.6) is 0 Å². The van der Waals surface area contributed by atoms with Gasteiger partial charge in [0.15, 0.2) is 5.78 Å². The van der Waals surface area contributed by atoms with Crippen LogP contribution in [-0.4, -0.2) is 11.8 Å². The van der Waals surface area contributed by atoms with Crippen molar-refractivity contribution in [1.29, 1.82) is 0 Å². The van der Waals surface area contributed by atoms with Crippen molar-refractivity contribution in [3.05, 3.63) is 76.6 Å². The van der Waals surface area contributed by atoms with Crippen molar-refractivity contribution in [1.82, 2.24) is 0 Å². The van der Waals surface area contributed by atoms with E-state index in [0.717, 1.165) is 5.39 Å². The van der Waals surface area contributed by atoms with Crippen molar-refractivity contribution in [2.45, 2.75) is 13.0 Å². The van der Waals surface area contributed by atoms with Gasteiger partial charge in [-0.05, 0) is 19.1 Å². The molecule has 0 radical (unpaired) electrons. The minimum atomic E-state index is -0.451. The van der Waals surface area contributed by atoms with Gasteiger partial charge in [0.25, 0.3) is 0 Å². The van der Waals surface area contributed by atoms with Gasteiger partial charge in [0.05, 0.1) is 11.7 Å². The molecule has 0 saturated heterocycles. The van der Waals surface area contributed by atoms with E-state index >= 15 is 0 Å². The molecule has 3 rings (SSSR count). The molecule has 1 aromatic heterocycles. The number of hydrogen-bond donors (Lipinski definition) is 1. The second kappa shape index (κ2) is 5.85. The van der Waals surface area contributed by atoms with E-state index in [1.807, 2.05) is 30.3 Å². The van der Waals surface area contributed by atoms with Crippen LogP contribution in [0, 0.1) is 0 Å². The molecule has 1 heterocycles. The maximum atomic E-state index is 12.4. The first-order valence-corrected chi connectivity index (χ1v) is 7.04. The first kappa shape index (κ1) is 14.1. The van der Waals surface area contributed by atoms with E-state index in [1.165, 1.54) is 6.07 Å². The van der Waals surface area contributed by atoms with E-state index in [4.69, 9.17) is 4.42 Å². The van der Waals surface area contributed by atoms with Crippen LogP contribution in [0.15, 0.2) is 69.9 Å². The molecule has 0 fully saturated rings. The number of rotatable bonds is 4. The van der Waals surface area contributed by atoms with Gasteiger partial charge in [-0.2, -0.15) is 0 Å². The van der Waals surface area contributed by atoms with Gasteiger partial charge >= 0.3 is 5.63 Å². The zero-order valence-corrected chi connectivity index (χ0v) is 12.1. The number of fused-ring (bicyclic) bond motifs is 1. The van der Waals surface area contributed by atoms with Gasteiger partial charge in [0.2, 0.25) is 0 Å². The summed E-state index contributed by atoms with van der Waals surface area (Å²) < 4.78 is 5.15. The summed E-state index contributed by atoms with van der Waals surface area (Å²) in [5, 5.41) is 3.89. The number of hydrogen-bond acceptors (Lipinski definition) is 4. The van der Waals surface area contributed by atoms with Crippen LogP contribution in [0.25, 0.3) is 11.0 Å². The zero-order valence-electron chi connectivity index (χ0n) is 12.1. The van der Waals surface area contributed by atoms with Crippen LogP contribution in [0.1, 0.15) is 17.3 Å². The van der Waals surface area contributed by atoms with Crippen LogP contribution in [0.4, 0.5) is 5.69 Å². The Hall–Kier alpha value is -2.88. The second-order valence-electron chi connectivity index (χ2n) is 5.07. The Morgan fingerprint density at radius 2 is 1.73 bits per heavy atom. The fraction of sp³-hybridized carbons (Fsp3) is 0.111. The molecule has 3 aromatic rings. The highest BCUT2D eigenvalue weighted by atomic mass is 16.4. The summed E-state index contributed by atoms with van der Waals surface area (Å²) in [6.07, 6.45) is 0. The minimum Gasteiger partial charge on any atom is -0.423 e. The van der Waals surface area contributed by atoms with E-state index in [1.54, 1.807) is 31.2 Å². The molecule has 110 valence electrons. The number of anilines is 1. The lowest BCUT2D eigenvalue weighted by Crippen LogP contribution is -2.26. The first-order chi connectivity index (χ1) is 10.6. The molecule has 0 bridgehead atoms. The maximum Gasteiger partial charge on any atom is 0.338 e. The van der Waals surface area contributed by atoms with Gasteiger partial charge in [0.1, 0.15) is 5.58 Å². The predicted molar refractivity (Wildman–Crippen MR) is 86.3 cm³/mol. The summed E-state index contributed by atoms with van der Waals surface area (Å²) in [6.45, 7) is 1.78. The number of benzene rings is 2. The van der Waals surface area contributed by atoms with Crippen LogP contribution in [0.3, 0.4) is 0 Å². The lowest BCUT2D eigenvalue weighted by Gasteiger charge is -2.15. The van der Waals surface area contributed by atoms with Crippen molar-refractivity contribution in [2.24, 2.45) is 0 Å². The molecule has 0 saturated carbocycles. The Morgan fingerprint density at radius 1 is 1.05 bits per heavy atom.